The van der Waals surface area contributed by atoms with Crippen LogP contribution in [0.25, 0.3) is 10.8 Å². The zero-order valence-corrected chi connectivity index (χ0v) is 10.0. The molecule has 2 heterocycles. The predicted octanol–water partition coefficient (Wildman–Crippen LogP) is 2.32. The standard InChI is InChI=1S/C14H17N3/c1-10-2-3-13-11(8-10)4-7-16-14(13)17-12-5-6-15-9-12/h2-4,7-8,12,15H,5-6,9H2,1H3,(H,16,17). The van der Waals surface area contributed by atoms with Crippen LogP contribution in [-0.4, -0.2) is 24.1 Å². The van der Waals surface area contributed by atoms with E-state index in [0.717, 1.165) is 18.9 Å². The summed E-state index contributed by atoms with van der Waals surface area (Å²) in [7, 11) is 0. The number of benzene rings is 1. The lowest BCUT2D eigenvalue weighted by atomic mass is 10.1. The number of aromatic nitrogens is 1. The van der Waals surface area contributed by atoms with E-state index in [0.29, 0.717) is 6.04 Å². The lowest BCUT2D eigenvalue weighted by Gasteiger charge is -2.14. The largest absolute Gasteiger partial charge is 0.365 e. The van der Waals surface area contributed by atoms with E-state index in [1.807, 2.05) is 6.20 Å². The highest BCUT2D eigenvalue weighted by molar-refractivity contribution is 5.92. The summed E-state index contributed by atoms with van der Waals surface area (Å²) >= 11 is 0. The van der Waals surface area contributed by atoms with Crippen LogP contribution < -0.4 is 10.6 Å². The Morgan fingerprint density at radius 2 is 2.29 bits per heavy atom. The first-order chi connectivity index (χ1) is 8.33. The average Bonchev–Trinajstić information content (AvgIpc) is 2.82. The third kappa shape index (κ3) is 2.11. The molecule has 0 saturated carbocycles. The Morgan fingerprint density at radius 3 is 3.12 bits per heavy atom. The van der Waals surface area contributed by atoms with Crippen molar-refractivity contribution in [1.29, 1.82) is 0 Å². The van der Waals surface area contributed by atoms with Crippen LogP contribution >= 0.6 is 0 Å². The highest BCUT2D eigenvalue weighted by atomic mass is 15.1. The van der Waals surface area contributed by atoms with Gasteiger partial charge in [-0.05, 0) is 31.3 Å². The molecule has 2 N–H and O–H groups in total. The van der Waals surface area contributed by atoms with E-state index in [2.05, 4.69) is 46.8 Å². The van der Waals surface area contributed by atoms with Gasteiger partial charge in [-0.15, -0.1) is 0 Å². The molecule has 2 aromatic rings. The molecule has 17 heavy (non-hydrogen) atoms. The molecule has 0 amide bonds. The van der Waals surface area contributed by atoms with E-state index in [4.69, 9.17) is 0 Å². The second-order valence-corrected chi connectivity index (χ2v) is 4.72. The molecular weight excluding hydrogens is 210 g/mol. The van der Waals surface area contributed by atoms with Crippen LogP contribution in [0, 0.1) is 6.92 Å². The fourth-order valence-electron chi connectivity index (χ4n) is 2.38. The topological polar surface area (TPSA) is 37.0 Å². The summed E-state index contributed by atoms with van der Waals surface area (Å²) in [5, 5.41) is 9.36. The Bertz CT molecular complexity index is 530. The first-order valence-electron chi connectivity index (χ1n) is 6.15. The van der Waals surface area contributed by atoms with Gasteiger partial charge < -0.3 is 10.6 Å². The van der Waals surface area contributed by atoms with Crippen LogP contribution in [0.5, 0.6) is 0 Å². The Hall–Kier alpha value is -1.61. The molecule has 1 aromatic carbocycles. The molecule has 1 fully saturated rings. The quantitative estimate of drug-likeness (QED) is 0.826. The van der Waals surface area contributed by atoms with Crippen molar-refractivity contribution in [2.75, 3.05) is 18.4 Å². The maximum absolute atomic E-state index is 4.46. The van der Waals surface area contributed by atoms with Crippen LogP contribution in [0.1, 0.15) is 12.0 Å². The van der Waals surface area contributed by atoms with Crippen LogP contribution in [0.2, 0.25) is 0 Å². The number of fused-ring (bicyclic) bond motifs is 1. The van der Waals surface area contributed by atoms with E-state index in [1.165, 1.54) is 22.8 Å². The molecule has 1 aliphatic heterocycles. The molecule has 3 heteroatoms. The minimum Gasteiger partial charge on any atom is -0.365 e. The maximum Gasteiger partial charge on any atom is 0.134 e. The molecule has 0 bridgehead atoms. The van der Waals surface area contributed by atoms with Gasteiger partial charge in [-0.1, -0.05) is 23.8 Å². The van der Waals surface area contributed by atoms with E-state index in [9.17, 15) is 0 Å². The maximum atomic E-state index is 4.46. The molecule has 0 radical (unpaired) electrons. The smallest absolute Gasteiger partial charge is 0.134 e. The third-order valence-electron chi connectivity index (χ3n) is 3.32. The molecule has 1 aromatic heterocycles. The molecule has 1 atom stereocenters. The van der Waals surface area contributed by atoms with Crippen LogP contribution in [0.15, 0.2) is 30.5 Å². The van der Waals surface area contributed by atoms with E-state index < -0.39 is 0 Å². The number of nitrogens with one attached hydrogen (secondary N) is 2. The number of nitrogens with zero attached hydrogens (tertiary/aromatic N) is 1. The summed E-state index contributed by atoms with van der Waals surface area (Å²) in [6.45, 7) is 4.25. The molecule has 1 aliphatic rings. The van der Waals surface area contributed by atoms with Crippen molar-refractivity contribution in [3.05, 3.63) is 36.0 Å². The van der Waals surface area contributed by atoms with E-state index >= 15 is 0 Å². The predicted molar refractivity (Wildman–Crippen MR) is 71.4 cm³/mol. The Balaban J connectivity index is 1.97. The van der Waals surface area contributed by atoms with Gasteiger partial charge in [0.1, 0.15) is 5.82 Å². The van der Waals surface area contributed by atoms with E-state index in [-0.39, 0.29) is 0 Å². The first kappa shape index (κ1) is 10.5. The first-order valence-corrected chi connectivity index (χ1v) is 6.15. The zero-order chi connectivity index (χ0) is 11.7. The number of hydrogen-bond acceptors (Lipinski definition) is 3. The highest BCUT2D eigenvalue weighted by Gasteiger charge is 2.15. The fourth-order valence-corrected chi connectivity index (χ4v) is 2.38. The van der Waals surface area contributed by atoms with Gasteiger partial charge in [0.25, 0.3) is 0 Å². The number of rotatable bonds is 2. The van der Waals surface area contributed by atoms with Gasteiger partial charge >= 0.3 is 0 Å². The lowest BCUT2D eigenvalue weighted by Crippen LogP contribution is -2.22. The van der Waals surface area contributed by atoms with Crippen molar-refractivity contribution in [1.82, 2.24) is 10.3 Å². The summed E-state index contributed by atoms with van der Waals surface area (Å²) in [4.78, 5) is 4.46. The van der Waals surface area contributed by atoms with Crippen molar-refractivity contribution in [2.45, 2.75) is 19.4 Å². The molecule has 3 nitrogen and oxygen atoms in total. The Kier molecular flexibility index (Phi) is 2.69. The van der Waals surface area contributed by atoms with Gasteiger partial charge in [0.15, 0.2) is 0 Å². The monoisotopic (exact) mass is 227 g/mol. The number of anilines is 1. The van der Waals surface area contributed by atoms with Gasteiger partial charge in [-0.2, -0.15) is 0 Å². The number of aryl methyl sites for hydroxylation is 1. The summed E-state index contributed by atoms with van der Waals surface area (Å²) in [5.74, 6) is 1.01. The van der Waals surface area contributed by atoms with Gasteiger partial charge in [0.2, 0.25) is 0 Å². The normalized spacial score (nSPS) is 19.7. The molecule has 0 aliphatic carbocycles. The van der Waals surface area contributed by atoms with Gasteiger partial charge in [-0.25, -0.2) is 4.98 Å². The van der Waals surface area contributed by atoms with Crippen LogP contribution in [0.3, 0.4) is 0 Å². The molecular formula is C14H17N3. The molecule has 0 spiro atoms. The van der Waals surface area contributed by atoms with Gasteiger partial charge in [-0.3, -0.25) is 0 Å². The number of hydrogen-bond donors (Lipinski definition) is 2. The SMILES string of the molecule is Cc1ccc2c(NC3CCNC3)nccc2c1. The summed E-state index contributed by atoms with van der Waals surface area (Å²) in [6.07, 6.45) is 3.05. The van der Waals surface area contributed by atoms with Gasteiger partial charge in [0, 0.05) is 24.2 Å². The summed E-state index contributed by atoms with van der Waals surface area (Å²) in [6, 6.07) is 9.08. The van der Waals surface area contributed by atoms with Crippen molar-refractivity contribution in [2.24, 2.45) is 0 Å². The van der Waals surface area contributed by atoms with Crippen molar-refractivity contribution >= 4 is 16.6 Å². The highest BCUT2D eigenvalue weighted by Crippen LogP contribution is 2.23. The van der Waals surface area contributed by atoms with Gasteiger partial charge in [0.05, 0.1) is 0 Å². The second-order valence-electron chi connectivity index (χ2n) is 4.72. The molecule has 88 valence electrons. The number of pyridine rings is 1. The van der Waals surface area contributed by atoms with Crippen molar-refractivity contribution < 1.29 is 0 Å². The molecule has 1 unspecified atom stereocenters. The molecule has 1 saturated heterocycles. The average molecular weight is 227 g/mol. The summed E-state index contributed by atoms with van der Waals surface area (Å²) in [5.41, 5.74) is 1.29. The molecule has 3 rings (SSSR count). The third-order valence-corrected chi connectivity index (χ3v) is 3.32. The summed E-state index contributed by atoms with van der Waals surface area (Å²) < 4.78 is 0. The van der Waals surface area contributed by atoms with Crippen molar-refractivity contribution in [3.63, 3.8) is 0 Å². The van der Waals surface area contributed by atoms with Crippen LogP contribution in [0.4, 0.5) is 5.82 Å². The minimum atomic E-state index is 0.509. The second kappa shape index (κ2) is 4.34. The minimum absolute atomic E-state index is 0.509. The van der Waals surface area contributed by atoms with Crippen molar-refractivity contribution in [3.8, 4) is 0 Å². The zero-order valence-electron chi connectivity index (χ0n) is 10.0. The Labute approximate surface area is 101 Å². The van der Waals surface area contributed by atoms with Crippen LogP contribution in [-0.2, 0) is 0 Å². The Morgan fingerprint density at radius 1 is 1.35 bits per heavy atom. The lowest BCUT2D eigenvalue weighted by molar-refractivity contribution is 0.789. The fraction of sp³-hybridized carbons (Fsp3) is 0.357. The van der Waals surface area contributed by atoms with E-state index in [1.54, 1.807) is 0 Å².